The maximum absolute atomic E-state index is 5.58. The van der Waals surface area contributed by atoms with Crippen LogP contribution >= 0.6 is 0 Å². The minimum absolute atomic E-state index is 0.455. The Kier molecular flexibility index (Phi) is 4.28. The number of anilines is 1. The fourth-order valence-electron chi connectivity index (χ4n) is 2.16. The number of piperazine rings is 1. The normalized spacial score (nSPS) is 17.4. The summed E-state index contributed by atoms with van der Waals surface area (Å²) < 4.78 is 0. The number of hydrogen-bond donors (Lipinski definition) is 1. The molecule has 2 rings (SSSR count). The summed E-state index contributed by atoms with van der Waals surface area (Å²) in [4.78, 5) is 13.5. The van der Waals surface area contributed by atoms with Crippen LogP contribution in [0.4, 0.5) is 5.82 Å². The molecule has 0 unspecified atom stereocenters. The highest BCUT2D eigenvalue weighted by molar-refractivity contribution is 5.37. The van der Waals surface area contributed by atoms with Gasteiger partial charge in [-0.3, -0.25) is 9.88 Å². The molecule has 5 nitrogen and oxygen atoms in total. The van der Waals surface area contributed by atoms with E-state index < -0.39 is 0 Å². The fraction of sp³-hybridized carbons (Fsp3) is 0.667. The molecule has 1 aliphatic heterocycles. The van der Waals surface area contributed by atoms with Gasteiger partial charge in [0.1, 0.15) is 5.82 Å². The van der Waals surface area contributed by atoms with Crippen molar-refractivity contribution in [2.75, 3.05) is 37.6 Å². The van der Waals surface area contributed by atoms with Crippen LogP contribution in [0.5, 0.6) is 0 Å². The van der Waals surface area contributed by atoms with Gasteiger partial charge in [0.2, 0.25) is 0 Å². The number of nitrogens with zero attached hydrogens (tertiary/aromatic N) is 4. The van der Waals surface area contributed by atoms with Crippen molar-refractivity contribution in [3.63, 3.8) is 0 Å². The Morgan fingerprint density at radius 1 is 1.24 bits per heavy atom. The lowest BCUT2D eigenvalue weighted by Crippen LogP contribution is -2.46. The van der Waals surface area contributed by atoms with E-state index >= 15 is 0 Å². The molecule has 2 N–H and O–H groups in total. The van der Waals surface area contributed by atoms with E-state index in [1.807, 2.05) is 6.20 Å². The van der Waals surface area contributed by atoms with Crippen molar-refractivity contribution in [2.45, 2.75) is 19.9 Å². The van der Waals surface area contributed by atoms with Crippen molar-refractivity contribution in [1.29, 1.82) is 0 Å². The monoisotopic (exact) mass is 235 g/mol. The quantitative estimate of drug-likeness (QED) is 0.822. The van der Waals surface area contributed by atoms with Gasteiger partial charge < -0.3 is 10.6 Å². The zero-order valence-electron chi connectivity index (χ0n) is 10.5. The maximum atomic E-state index is 5.58. The van der Waals surface area contributed by atoms with Crippen molar-refractivity contribution < 1.29 is 0 Å². The van der Waals surface area contributed by atoms with Crippen molar-refractivity contribution in [2.24, 2.45) is 5.73 Å². The van der Waals surface area contributed by atoms with Gasteiger partial charge in [-0.15, -0.1) is 0 Å². The van der Waals surface area contributed by atoms with Crippen LogP contribution in [0.1, 0.15) is 19.0 Å². The molecular weight excluding hydrogens is 214 g/mol. The van der Waals surface area contributed by atoms with Gasteiger partial charge >= 0.3 is 0 Å². The molecular formula is C12H21N5. The third-order valence-electron chi connectivity index (χ3n) is 3.12. The third kappa shape index (κ3) is 3.14. The zero-order valence-corrected chi connectivity index (χ0v) is 10.5. The summed E-state index contributed by atoms with van der Waals surface area (Å²) in [5, 5.41) is 0. The molecule has 1 saturated heterocycles. The van der Waals surface area contributed by atoms with E-state index in [1.165, 1.54) is 13.0 Å². The van der Waals surface area contributed by atoms with E-state index in [2.05, 4.69) is 26.7 Å². The Morgan fingerprint density at radius 2 is 2.00 bits per heavy atom. The van der Waals surface area contributed by atoms with Crippen molar-refractivity contribution >= 4 is 5.82 Å². The first kappa shape index (κ1) is 12.3. The Hall–Kier alpha value is -1.20. The predicted octanol–water partition coefficient (Wildman–Crippen LogP) is 0.467. The number of rotatable bonds is 4. The summed E-state index contributed by atoms with van der Waals surface area (Å²) in [7, 11) is 0. The van der Waals surface area contributed by atoms with Crippen LogP contribution in [0.2, 0.25) is 0 Å². The first-order valence-corrected chi connectivity index (χ1v) is 6.31. The molecule has 0 radical (unpaired) electrons. The van der Waals surface area contributed by atoms with Gasteiger partial charge in [-0.25, -0.2) is 4.98 Å². The minimum Gasteiger partial charge on any atom is -0.353 e. The summed E-state index contributed by atoms with van der Waals surface area (Å²) in [6.45, 7) is 8.16. The molecule has 1 aromatic heterocycles. The van der Waals surface area contributed by atoms with E-state index in [1.54, 1.807) is 6.20 Å². The predicted molar refractivity (Wildman–Crippen MR) is 68.9 cm³/mol. The lowest BCUT2D eigenvalue weighted by molar-refractivity contribution is 0.258. The van der Waals surface area contributed by atoms with Gasteiger partial charge in [0.15, 0.2) is 0 Å². The minimum atomic E-state index is 0.455. The van der Waals surface area contributed by atoms with Crippen LogP contribution < -0.4 is 10.6 Å². The average Bonchev–Trinajstić information content (AvgIpc) is 2.40. The van der Waals surface area contributed by atoms with Crippen LogP contribution in [0.15, 0.2) is 12.4 Å². The fourth-order valence-corrected chi connectivity index (χ4v) is 2.16. The Labute approximate surface area is 103 Å². The van der Waals surface area contributed by atoms with Gasteiger partial charge in [-0.05, 0) is 13.0 Å². The zero-order chi connectivity index (χ0) is 12.1. The highest BCUT2D eigenvalue weighted by Crippen LogP contribution is 2.12. The molecule has 17 heavy (non-hydrogen) atoms. The van der Waals surface area contributed by atoms with Gasteiger partial charge in [-0.1, -0.05) is 6.92 Å². The molecule has 0 amide bonds. The lowest BCUT2D eigenvalue weighted by atomic mass is 10.3. The van der Waals surface area contributed by atoms with Crippen LogP contribution in [-0.4, -0.2) is 47.6 Å². The van der Waals surface area contributed by atoms with E-state index in [4.69, 9.17) is 5.73 Å². The Bertz CT molecular complexity index is 347. The first-order valence-electron chi connectivity index (χ1n) is 6.31. The largest absolute Gasteiger partial charge is 0.353 e. The molecule has 0 spiro atoms. The second kappa shape index (κ2) is 5.93. The topological polar surface area (TPSA) is 58.3 Å². The summed E-state index contributed by atoms with van der Waals surface area (Å²) >= 11 is 0. The molecule has 1 aromatic rings. The molecule has 1 aliphatic rings. The summed E-state index contributed by atoms with van der Waals surface area (Å²) in [5.41, 5.74) is 6.44. The van der Waals surface area contributed by atoms with Crippen LogP contribution in [0, 0.1) is 0 Å². The summed E-state index contributed by atoms with van der Waals surface area (Å²) in [6.07, 6.45) is 4.79. The SMILES string of the molecule is CCCN1CCN(c2cncc(CN)n2)CC1. The first-order chi connectivity index (χ1) is 8.33. The number of aromatic nitrogens is 2. The van der Waals surface area contributed by atoms with E-state index in [0.717, 1.165) is 37.7 Å². The second-order valence-corrected chi connectivity index (χ2v) is 4.40. The van der Waals surface area contributed by atoms with Crippen LogP contribution in [-0.2, 0) is 6.54 Å². The summed E-state index contributed by atoms with van der Waals surface area (Å²) in [5.74, 6) is 0.962. The molecule has 94 valence electrons. The number of hydrogen-bond acceptors (Lipinski definition) is 5. The van der Waals surface area contributed by atoms with Crippen LogP contribution in [0.3, 0.4) is 0 Å². The molecule has 5 heteroatoms. The van der Waals surface area contributed by atoms with Crippen molar-refractivity contribution in [3.8, 4) is 0 Å². The Morgan fingerprint density at radius 3 is 2.65 bits per heavy atom. The molecule has 0 aliphatic carbocycles. The van der Waals surface area contributed by atoms with E-state index in [0.29, 0.717) is 6.54 Å². The van der Waals surface area contributed by atoms with Gasteiger partial charge in [0.05, 0.1) is 11.9 Å². The number of nitrogens with two attached hydrogens (primary N) is 1. The van der Waals surface area contributed by atoms with Crippen molar-refractivity contribution in [3.05, 3.63) is 18.1 Å². The second-order valence-electron chi connectivity index (χ2n) is 4.40. The van der Waals surface area contributed by atoms with Gasteiger partial charge in [0, 0.05) is 38.9 Å². The molecule has 0 aromatic carbocycles. The van der Waals surface area contributed by atoms with Gasteiger partial charge in [0.25, 0.3) is 0 Å². The molecule has 0 saturated carbocycles. The molecule has 2 heterocycles. The average molecular weight is 235 g/mol. The Balaban J connectivity index is 1.95. The van der Waals surface area contributed by atoms with Crippen molar-refractivity contribution in [1.82, 2.24) is 14.9 Å². The lowest BCUT2D eigenvalue weighted by Gasteiger charge is -2.35. The highest BCUT2D eigenvalue weighted by Gasteiger charge is 2.17. The highest BCUT2D eigenvalue weighted by atomic mass is 15.3. The molecule has 0 bridgehead atoms. The molecule has 1 fully saturated rings. The van der Waals surface area contributed by atoms with E-state index in [9.17, 15) is 0 Å². The van der Waals surface area contributed by atoms with Crippen LogP contribution in [0.25, 0.3) is 0 Å². The smallest absolute Gasteiger partial charge is 0.147 e. The third-order valence-corrected chi connectivity index (χ3v) is 3.12. The maximum Gasteiger partial charge on any atom is 0.147 e. The summed E-state index contributed by atoms with van der Waals surface area (Å²) in [6, 6.07) is 0. The molecule has 0 atom stereocenters. The standard InChI is InChI=1S/C12H21N5/c1-2-3-16-4-6-17(7-5-16)12-10-14-9-11(8-13)15-12/h9-10H,2-8,13H2,1H3. The van der Waals surface area contributed by atoms with E-state index in [-0.39, 0.29) is 0 Å². The van der Waals surface area contributed by atoms with Gasteiger partial charge in [-0.2, -0.15) is 0 Å².